The van der Waals surface area contributed by atoms with E-state index in [1.54, 1.807) is 0 Å². The van der Waals surface area contributed by atoms with Gasteiger partial charge in [0.1, 0.15) is 24.1 Å². The lowest BCUT2D eigenvalue weighted by molar-refractivity contribution is 0.0694. The smallest absolute Gasteiger partial charge is 0.341 e. The van der Waals surface area contributed by atoms with Crippen LogP contribution in [0, 0.1) is 11.7 Å². The first kappa shape index (κ1) is 21.5. The number of anilines is 1. The Morgan fingerprint density at radius 3 is 2.71 bits per heavy atom. The standard InChI is InChI=1S/C21H24F3N3O4/c1-31-20-17-13(19(28)14(21(29)30)9-26(17)5-4-22)6-15(23)18(20)27-8-11(16(24)10-27)7-25-12-2-3-12/h6,9,11-12,16,25H,2-5,7-8,10H2,1H3,(H,29,30)/t11-,16-/m1/s1. The predicted molar refractivity (Wildman–Crippen MR) is 109 cm³/mol. The molecule has 1 aromatic carbocycles. The van der Waals surface area contributed by atoms with E-state index in [9.17, 15) is 23.5 Å². The molecule has 0 amide bonds. The molecule has 2 heterocycles. The molecule has 31 heavy (non-hydrogen) atoms. The number of rotatable bonds is 8. The third kappa shape index (κ3) is 3.96. The first-order chi connectivity index (χ1) is 14.8. The molecule has 7 nitrogen and oxygen atoms in total. The highest BCUT2D eigenvalue weighted by Crippen LogP contribution is 2.40. The number of aryl methyl sites for hydroxylation is 1. The van der Waals surface area contributed by atoms with Crippen molar-refractivity contribution in [3.05, 3.63) is 33.9 Å². The topological polar surface area (TPSA) is 83.8 Å². The molecule has 0 unspecified atom stereocenters. The van der Waals surface area contributed by atoms with E-state index < -0.39 is 35.6 Å². The van der Waals surface area contributed by atoms with Crippen LogP contribution in [0.15, 0.2) is 17.1 Å². The van der Waals surface area contributed by atoms with Crippen LogP contribution in [-0.2, 0) is 6.54 Å². The number of hydrogen-bond donors (Lipinski definition) is 2. The maximum absolute atomic E-state index is 15.2. The van der Waals surface area contributed by atoms with E-state index in [2.05, 4.69) is 5.32 Å². The summed E-state index contributed by atoms with van der Waals surface area (Å²) in [4.78, 5) is 25.6. The van der Waals surface area contributed by atoms with Gasteiger partial charge in [-0.2, -0.15) is 0 Å². The van der Waals surface area contributed by atoms with Crippen molar-refractivity contribution in [3.8, 4) is 5.75 Å². The van der Waals surface area contributed by atoms with Crippen molar-refractivity contribution >= 4 is 22.6 Å². The Hall–Kier alpha value is -2.75. The number of nitrogens with zero attached hydrogens (tertiary/aromatic N) is 2. The second kappa shape index (κ2) is 8.41. The van der Waals surface area contributed by atoms with E-state index in [0.717, 1.165) is 25.1 Å². The number of carbonyl (C=O) groups is 1. The number of fused-ring (bicyclic) bond motifs is 1. The molecule has 168 valence electrons. The summed E-state index contributed by atoms with van der Waals surface area (Å²) >= 11 is 0. The van der Waals surface area contributed by atoms with Crippen LogP contribution >= 0.6 is 0 Å². The summed E-state index contributed by atoms with van der Waals surface area (Å²) in [5.74, 6) is -2.68. The zero-order valence-corrected chi connectivity index (χ0v) is 17.0. The van der Waals surface area contributed by atoms with Gasteiger partial charge in [-0.3, -0.25) is 4.79 Å². The molecule has 4 rings (SSSR count). The van der Waals surface area contributed by atoms with E-state index >= 15 is 4.39 Å². The lowest BCUT2D eigenvalue weighted by Crippen LogP contribution is -2.30. The maximum atomic E-state index is 15.2. The molecule has 2 aliphatic rings. The number of benzene rings is 1. The van der Waals surface area contributed by atoms with E-state index in [1.165, 1.54) is 16.6 Å². The molecule has 0 spiro atoms. The molecular weight excluding hydrogens is 415 g/mol. The van der Waals surface area contributed by atoms with Crippen molar-refractivity contribution < 1.29 is 27.8 Å². The van der Waals surface area contributed by atoms with Crippen LogP contribution in [0.1, 0.15) is 23.2 Å². The van der Waals surface area contributed by atoms with Gasteiger partial charge >= 0.3 is 5.97 Å². The molecule has 1 aromatic heterocycles. The number of methoxy groups -OCH3 is 1. The van der Waals surface area contributed by atoms with Gasteiger partial charge < -0.3 is 24.6 Å². The minimum atomic E-state index is -1.49. The second-order valence-corrected chi connectivity index (χ2v) is 8.06. The number of halogens is 3. The van der Waals surface area contributed by atoms with Crippen LogP contribution < -0.4 is 20.4 Å². The first-order valence-electron chi connectivity index (χ1n) is 10.2. The largest absolute Gasteiger partial charge is 0.492 e. The van der Waals surface area contributed by atoms with E-state index in [1.807, 2.05) is 0 Å². The fourth-order valence-electron chi connectivity index (χ4n) is 4.21. The molecule has 2 aromatic rings. The van der Waals surface area contributed by atoms with E-state index in [-0.39, 0.29) is 47.9 Å². The van der Waals surface area contributed by atoms with Gasteiger partial charge in [-0.1, -0.05) is 0 Å². The number of nitrogens with one attached hydrogen (secondary N) is 1. The Bertz CT molecular complexity index is 1070. The Morgan fingerprint density at radius 2 is 2.10 bits per heavy atom. The van der Waals surface area contributed by atoms with Crippen molar-refractivity contribution in [1.29, 1.82) is 0 Å². The number of carboxylic acid groups (broad SMARTS) is 1. The number of aromatic carboxylic acids is 1. The third-order valence-electron chi connectivity index (χ3n) is 5.93. The van der Waals surface area contributed by atoms with Gasteiger partial charge in [0.05, 0.1) is 24.6 Å². The Kier molecular flexibility index (Phi) is 5.83. The van der Waals surface area contributed by atoms with Gasteiger partial charge in [-0.15, -0.1) is 0 Å². The normalized spacial score (nSPS) is 21.1. The molecule has 2 atom stereocenters. The number of alkyl halides is 2. The maximum Gasteiger partial charge on any atom is 0.341 e. The van der Waals surface area contributed by atoms with Gasteiger partial charge in [-0.05, 0) is 18.9 Å². The van der Waals surface area contributed by atoms with E-state index in [0.29, 0.717) is 12.6 Å². The highest BCUT2D eigenvalue weighted by Gasteiger charge is 2.37. The summed E-state index contributed by atoms with van der Waals surface area (Å²) in [6.07, 6.45) is 2.00. The average molecular weight is 439 g/mol. The number of pyridine rings is 1. The number of hydrogen-bond acceptors (Lipinski definition) is 5. The van der Waals surface area contributed by atoms with Crippen LogP contribution in [0.5, 0.6) is 5.75 Å². The Morgan fingerprint density at radius 1 is 1.35 bits per heavy atom. The van der Waals surface area contributed by atoms with Crippen molar-refractivity contribution in [3.63, 3.8) is 0 Å². The van der Waals surface area contributed by atoms with Gasteiger partial charge in [-0.25, -0.2) is 18.0 Å². The zero-order chi connectivity index (χ0) is 22.3. The van der Waals surface area contributed by atoms with Gasteiger partial charge in [0.15, 0.2) is 11.6 Å². The quantitative estimate of drug-likeness (QED) is 0.657. The average Bonchev–Trinajstić information content (AvgIpc) is 3.49. The van der Waals surface area contributed by atoms with Crippen molar-refractivity contribution in [2.75, 3.05) is 38.3 Å². The Labute approximate surface area is 176 Å². The number of carboxylic acids is 1. The number of ether oxygens (including phenoxy) is 1. The minimum absolute atomic E-state index is 0.0124. The summed E-state index contributed by atoms with van der Waals surface area (Å²) in [5.41, 5.74) is -1.41. The molecule has 10 heteroatoms. The molecule has 1 saturated heterocycles. The van der Waals surface area contributed by atoms with Gasteiger partial charge in [0.2, 0.25) is 5.43 Å². The van der Waals surface area contributed by atoms with Crippen LogP contribution in [0.4, 0.5) is 18.9 Å². The molecule has 1 aliphatic carbocycles. The van der Waals surface area contributed by atoms with Crippen LogP contribution in [0.25, 0.3) is 10.9 Å². The lowest BCUT2D eigenvalue weighted by Gasteiger charge is -2.24. The summed E-state index contributed by atoms with van der Waals surface area (Å²) in [6.45, 7) is -0.402. The fourth-order valence-corrected chi connectivity index (χ4v) is 4.21. The van der Waals surface area contributed by atoms with Gasteiger partial charge in [0.25, 0.3) is 0 Å². The second-order valence-electron chi connectivity index (χ2n) is 8.06. The van der Waals surface area contributed by atoms with Crippen molar-refractivity contribution in [2.45, 2.75) is 31.6 Å². The van der Waals surface area contributed by atoms with Crippen LogP contribution in [0.3, 0.4) is 0 Å². The lowest BCUT2D eigenvalue weighted by atomic mass is 10.1. The number of aromatic nitrogens is 1. The minimum Gasteiger partial charge on any atom is -0.492 e. The van der Waals surface area contributed by atoms with Crippen LogP contribution in [-0.4, -0.2) is 61.3 Å². The molecule has 1 aliphatic heterocycles. The highest BCUT2D eigenvalue weighted by atomic mass is 19.1. The molecule has 2 N–H and O–H groups in total. The molecule has 0 bridgehead atoms. The third-order valence-corrected chi connectivity index (χ3v) is 5.93. The van der Waals surface area contributed by atoms with E-state index in [4.69, 9.17) is 4.74 Å². The SMILES string of the molecule is COc1c(N2C[C@@H](CNC3CC3)[C@H](F)C2)c(F)cc2c(=O)c(C(=O)O)cn(CCF)c12. The van der Waals surface area contributed by atoms with Crippen molar-refractivity contribution in [1.82, 2.24) is 9.88 Å². The molecule has 2 fully saturated rings. The zero-order valence-electron chi connectivity index (χ0n) is 17.0. The highest BCUT2D eigenvalue weighted by molar-refractivity contribution is 5.97. The summed E-state index contributed by atoms with van der Waals surface area (Å²) in [5, 5.41) is 12.4. The van der Waals surface area contributed by atoms with Crippen LogP contribution in [0.2, 0.25) is 0 Å². The molecule has 1 saturated carbocycles. The summed E-state index contributed by atoms with van der Waals surface area (Å²) < 4.78 is 49.7. The molecule has 0 radical (unpaired) electrons. The summed E-state index contributed by atoms with van der Waals surface area (Å²) in [6, 6.07) is 1.35. The van der Waals surface area contributed by atoms with Gasteiger partial charge in [0, 0.05) is 37.8 Å². The fraction of sp³-hybridized carbons (Fsp3) is 0.524. The summed E-state index contributed by atoms with van der Waals surface area (Å²) in [7, 11) is 1.28. The van der Waals surface area contributed by atoms with Crippen molar-refractivity contribution in [2.24, 2.45) is 5.92 Å². The monoisotopic (exact) mass is 439 g/mol. The predicted octanol–water partition coefficient (Wildman–Crippen LogP) is 2.34. The molecular formula is C21H24F3N3O4. The first-order valence-corrected chi connectivity index (χ1v) is 10.2. The Balaban J connectivity index is 1.81.